The average molecular weight is 235 g/mol. The molecule has 3 rings (SSSR count). The Labute approximate surface area is 105 Å². The summed E-state index contributed by atoms with van der Waals surface area (Å²) < 4.78 is 0. The summed E-state index contributed by atoms with van der Waals surface area (Å²) in [7, 11) is 0. The molecule has 88 valence electrons. The Kier molecular flexibility index (Phi) is 2.69. The molecule has 0 fully saturated rings. The SMILES string of the molecule is O/N=C\Cc1c2ccccc2cc2ccccc12. The van der Waals surface area contributed by atoms with Gasteiger partial charge in [-0.05, 0) is 33.2 Å². The summed E-state index contributed by atoms with van der Waals surface area (Å²) in [5, 5.41) is 16.6. The third-order valence-corrected chi connectivity index (χ3v) is 3.26. The van der Waals surface area contributed by atoms with E-state index in [9.17, 15) is 0 Å². The van der Waals surface area contributed by atoms with Gasteiger partial charge < -0.3 is 5.21 Å². The quantitative estimate of drug-likeness (QED) is 0.310. The van der Waals surface area contributed by atoms with Crippen LogP contribution in [-0.2, 0) is 6.42 Å². The van der Waals surface area contributed by atoms with Crippen molar-refractivity contribution in [2.24, 2.45) is 5.16 Å². The first-order valence-corrected chi connectivity index (χ1v) is 5.95. The molecule has 2 heteroatoms. The van der Waals surface area contributed by atoms with Crippen molar-refractivity contribution in [1.29, 1.82) is 0 Å². The molecule has 2 nitrogen and oxygen atoms in total. The van der Waals surface area contributed by atoms with Crippen molar-refractivity contribution in [1.82, 2.24) is 0 Å². The van der Waals surface area contributed by atoms with Crippen molar-refractivity contribution in [2.75, 3.05) is 0 Å². The topological polar surface area (TPSA) is 32.6 Å². The molecule has 1 N–H and O–H groups in total. The first kappa shape index (κ1) is 10.8. The Morgan fingerprint density at radius 2 is 1.44 bits per heavy atom. The lowest BCUT2D eigenvalue weighted by Crippen LogP contribution is -1.91. The summed E-state index contributed by atoms with van der Waals surface area (Å²) in [6, 6.07) is 18.8. The summed E-state index contributed by atoms with van der Waals surface area (Å²) in [5.41, 5.74) is 1.21. The minimum absolute atomic E-state index is 0.637. The molecule has 0 spiro atoms. The molecule has 0 aromatic heterocycles. The lowest BCUT2D eigenvalue weighted by molar-refractivity contribution is 0.321. The molecule has 0 aliphatic heterocycles. The zero-order chi connectivity index (χ0) is 12.4. The van der Waals surface area contributed by atoms with Crippen LogP contribution in [0.3, 0.4) is 0 Å². The van der Waals surface area contributed by atoms with Crippen molar-refractivity contribution in [3.05, 3.63) is 60.2 Å². The first-order chi connectivity index (χ1) is 8.90. The molecule has 0 atom stereocenters. The average Bonchev–Trinajstić information content (AvgIpc) is 2.43. The van der Waals surface area contributed by atoms with Gasteiger partial charge >= 0.3 is 0 Å². The third kappa shape index (κ3) is 1.72. The van der Waals surface area contributed by atoms with E-state index < -0.39 is 0 Å². The second-order valence-electron chi connectivity index (χ2n) is 4.30. The van der Waals surface area contributed by atoms with Crippen LogP contribution < -0.4 is 0 Å². The fourth-order valence-electron chi connectivity index (χ4n) is 2.46. The van der Waals surface area contributed by atoms with Gasteiger partial charge in [-0.15, -0.1) is 5.16 Å². The van der Waals surface area contributed by atoms with Gasteiger partial charge in [0.05, 0.1) is 0 Å². The lowest BCUT2D eigenvalue weighted by atomic mass is 9.95. The number of nitrogens with zero attached hydrogens (tertiary/aromatic N) is 1. The van der Waals surface area contributed by atoms with Crippen LogP contribution in [0.2, 0.25) is 0 Å². The molecule has 0 unspecified atom stereocenters. The normalized spacial score (nSPS) is 11.6. The van der Waals surface area contributed by atoms with Crippen molar-refractivity contribution in [3.63, 3.8) is 0 Å². The third-order valence-electron chi connectivity index (χ3n) is 3.26. The highest BCUT2D eigenvalue weighted by Crippen LogP contribution is 2.28. The van der Waals surface area contributed by atoms with Crippen LogP contribution in [0.5, 0.6) is 0 Å². The minimum Gasteiger partial charge on any atom is -0.411 e. The van der Waals surface area contributed by atoms with Crippen LogP contribution in [0.25, 0.3) is 21.5 Å². The molecule has 0 aliphatic rings. The maximum absolute atomic E-state index is 8.64. The molecule has 0 radical (unpaired) electrons. The van der Waals surface area contributed by atoms with Gasteiger partial charge in [-0.3, -0.25) is 0 Å². The highest BCUT2D eigenvalue weighted by Gasteiger charge is 2.05. The zero-order valence-electron chi connectivity index (χ0n) is 9.88. The van der Waals surface area contributed by atoms with Crippen LogP contribution >= 0.6 is 0 Å². The molecule has 0 saturated heterocycles. The number of hydrogen-bond acceptors (Lipinski definition) is 2. The van der Waals surface area contributed by atoms with E-state index in [0.717, 1.165) is 0 Å². The van der Waals surface area contributed by atoms with Crippen molar-refractivity contribution in [2.45, 2.75) is 6.42 Å². The summed E-state index contributed by atoms with van der Waals surface area (Å²) >= 11 is 0. The van der Waals surface area contributed by atoms with Crippen molar-refractivity contribution in [3.8, 4) is 0 Å². The molecular formula is C16H13NO. The van der Waals surface area contributed by atoms with Gasteiger partial charge in [-0.1, -0.05) is 48.5 Å². The number of hydrogen-bond donors (Lipinski definition) is 1. The van der Waals surface area contributed by atoms with Crippen molar-refractivity contribution < 1.29 is 5.21 Å². The molecule has 18 heavy (non-hydrogen) atoms. The summed E-state index contributed by atoms with van der Waals surface area (Å²) in [4.78, 5) is 0. The Balaban J connectivity index is 2.41. The van der Waals surface area contributed by atoms with Gasteiger partial charge in [0, 0.05) is 12.6 Å². The van der Waals surface area contributed by atoms with E-state index in [1.165, 1.54) is 33.3 Å². The van der Waals surface area contributed by atoms with Crippen LogP contribution in [0.4, 0.5) is 0 Å². The van der Waals surface area contributed by atoms with Gasteiger partial charge in [0.1, 0.15) is 0 Å². The first-order valence-electron chi connectivity index (χ1n) is 5.95. The maximum Gasteiger partial charge on any atom is 0.0480 e. The summed E-state index contributed by atoms with van der Waals surface area (Å²) in [5.74, 6) is 0. The van der Waals surface area contributed by atoms with Gasteiger partial charge in [-0.2, -0.15) is 0 Å². The smallest absolute Gasteiger partial charge is 0.0480 e. The second kappa shape index (κ2) is 4.49. The second-order valence-corrected chi connectivity index (χ2v) is 4.30. The molecule has 0 saturated carbocycles. The lowest BCUT2D eigenvalue weighted by Gasteiger charge is -2.09. The van der Waals surface area contributed by atoms with E-state index >= 15 is 0 Å². The van der Waals surface area contributed by atoms with E-state index in [2.05, 4.69) is 35.5 Å². The Hall–Kier alpha value is -2.35. The number of fused-ring (bicyclic) bond motifs is 2. The maximum atomic E-state index is 8.64. The van der Waals surface area contributed by atoms with Crippen LogP contribution in [-0.4, -0.2) is 11.4 Å². The van der Waals surface area contributed by atoms with Gasteiger partial charge in [-0.25, -0.2) is 0 Å². The largest absolute Gasteiger partial charge is 0.411 e. The zero-order valence-corrected chi connectivity index (χ0v) is 9.88. The van der Waals surface area contributed by atoms with Gasteiger partial charge in [0.15, 0.2) is 0 Å². The standard InChI is InChI=1S/C16H13NO/c18-17-10-9-16-14-7-3-1-5-12(14)11-13-6-2-4-8-15(13)16/h1-8,10-11,18H,9H2/b17-10-. The molecule has 0 bridgehead atoms. The van der Waals surface area contributed by atoms with Crippen LogP contribution in [0.15, 0.2) is 59.8 Å². The molecule has 3 aromatic carbocycles. The van der Waals surface area contributed by atoms with Crippen LogP contribution in [0, 0.1) is 0 Å². The molecule has 0 aliphatic carbocycles. The van der Waals surface area contributed by atoms with E-state index in [1.54, 1.807) is 0 Å². The predicted octanol–water partition coefficient (Wildman–Crippen LogP) is 4.00. The molecule has 0 amide bonds. The number of benzene rings is 3. The summed E-state index contributed by atoms with van der Waals surface area (Å²) in [6.07, 6.45) is 2.17. The molecule has 3 aromatic rings. The van der Waals surface area contributed by atoms with E-state index in [0.29, 0.717) is 6.42 Å². The Morgan fingerprint density at radius 3 is 2.00 bits per heavy atom. The van der Waals surface area contributed by atoms with E-state index in [4.69, 9.17) is 5.21 Å². The van der Waals surface area contributed by atoms with E-state index in [1.807, 2.05) is 24.3 Å². The minimum atomic E-state index is 0.637. The van der Waals surface area contributed by atoms with Crippen LogP contribution in [0.1, 0.15) is 5.56 Å². The number of rotatable bonds is 2. The Bertz CT molecular complexity index is 677. The molecular weight excluding hydrogens is 222 g/mol. The highest BCUT2D eigenvalue weighted by molar-refractivity contribution is 6.03. The van der Waals surface area contributed by atoms with Gasteiger partial charge in [0.25, 0.3) is 0 Å². The van der Waals surface area contributed by atoms with Gasteiger partial charge in [0.2, 0.25) is 0 Å². The monoisotopic (exact) mass is 235 g/mol. The van der Waals surface area contributed by atoms with E-state index in [-0.39, 0.29) is 0 Å². The predicted molar refractivity (Wildman–Crippen MR) is 75.4 cm³/mol. The van der Waals surface area contributed by atoms with Crippen molar-refractivity contribution >= 4 is 27.8 Å². The fraction of sp³-hybridized carbons (Fsp3) is 0.0625. The number of oxime groups is 1. The highest BCUT2D eigenvalue weighted by atomic mass is 16.4. The molecule has 0 heterocycles. The Morgan fingerprint density at radius 1 is 0.889 bits per heavy atom. The summed E-state index contributed by atoms with van der Waals surface area (Å²) in [6.45, 7) is 0. The fourth-order valence-corrected chi connectivity index (χ4v) is 2.46.